The van der Waals surface area contributed by atoms with Crippen LogP contribution in [0.4, 0.5) is 5.69 Å². The maximum Gasteiger partial charge on any atom is 0.269 e. The van der Waals surface area contributed by atoms with Crippen molar-refractivity contribution in [2.75, 3.05) is 13.1 Å². The summed E-state index contributed by atoms with van der Waals surface area (Å²) in [5, 5.41) is 23.2. The van der Waals surface area contributed by atoms with E-state index in [-0.39, 0.29) is 24.3 Å². The predicted molar refractivity (Wildman–Crippen MR) is 64.1 cm³/mol. The van der Waals surface area contributed by atoms with Crippen molar-refractivity contribution in [3.8, 4) is 6.07 Å². The number of amides is 2. The van der Waals surface area contributed by atoms with Crippen LogP contribution in [-0.4, -0.2) is 29.8 Å². The van der Waals surface area contributed by atoms with Crippen molar-refractivity contribution in [3.63, 3.8) is 0 Å². The molecule has 0 saturated heterocycles. The van der Waals surface area contributed by atoms with Gasteiger partial charge in [-0.25, -0.2) is 0 Å². The number of nitro benzene ring substituents is 1. The van der Waals surface area contributed by atoms with Crippen molar-refractivity contribution < 1.29 is 14.5 Å². The van der Waals surface area contributed by atoms with E-state index in [4.69, 9.17) is 5.26 Å². The first kappa shape index (κ1) is 14.1. The molecule has 0 unspecified atom stereocenters. The number of nitrogens with zero attached hydrogens (tertiary/aromatic N) is 2. The van der Waals surface area contributed by atoms with Gasteiger partial charge in [-0.1, -0.05) is 0 Å². The quantitative estimate of drug-likeness (QED) is 0.437. The molecule has 1 rings (SSSR count). The van der Waals surface area contributed by atoms with Crippen LogP contribution in [0.5, 0.6) is 0 Å². The van der Waals surface area contributed by atoms with Crippen LogP contribution in [0.2, 0.25) is 0 Å². The van der Waals surface area contributed by atoms with Crippen molar-refractivity contribution in [2.45, 2.75) is 0 Å². The van der Waals surface area contributed by atoms with Gasteiger partial charge in [0.2, 0.25) is 5.91 Å². The van der Waals surface area contributed by atoms with E-state index in [1.54, 1.807) is 6.07 Å². The Hall–Kier alpha value is -2.95. The van der Waals surface area contributed by atoms with Gasteiger partial charge >= 0.3 is 0 Å². The van der Waals surface area contributed by atoms with Crippen LogP contribution in [0.15, 0.2) is 24.3 Å². The van der Waals surface area contributed by atoms with Crippen LogP contribution in [-0.2, 0) is 4.79 Å². The normalized spacial score (nSPS) is 9.21. The molecule has 2 N–H and O–H groups in total. The molecule has 1 aromatic rings. The topological polar surface area (TPSA) is 125 Å². The summed E-state index contributed by atoms with van der Waals surface area (Å²) >= 11 is 0. The van der Waals surface area contributed by atoms with Crippen molar-refractivity contribution >= 4 is 17.5 Å². The molecule has 0 aliphatic carbocycles. The van der Waals surface area contributed by atoms with Crippen LogP contribution >= 0.6 is 0 Å². The Morgan fingerprint density at radius 2 is 1.89 bits per heavy atom. The predicted octanol–water partition coefficient (Wildman–Crippen LogP) is -0.0356. The summed E-state index contributed by atoms with van der Waals surface area (Å²) in [5.74, 6) is -1.01. The highest BCUT2D eigenvalue weighted by atomic mass is 16.6. The number of nitro groups is 1. The summed E-state index contributed by atoms with van der Waals surface area (Å²) in [4.78, 5) is 32.5. The number of non-ortho nitro benzene ring substituents is 1. The maximum atomic E-state index is 11.6. The second kappa shape index (κ2) is 6.70. The average molecular weight is 262 g/mol. The molecule has 8 heteroatoms. The lowest BCUT2D eigenvalue weighted by atomic mass is 10.2. The largest absolute Gasteiger partial charge is 0.343 e. The average Bonchev–Trinajstić information content (AvgIpc) is 2.42. The van der Waals surface area contributed by atoms with Gasteiger partial charge in [0.1, 0.15) is 6.54 Å². The number of carbonyl (C=O) groups excluding carboxylic acids is 2. The van der Waals surface area contributed by atoms with Crippen LogP contribution in [0, 0.1) is 21.4 Å². The highest BCUT2D eigenvalue weighted by Gasteiger charge is 2.10. The standard InChI is InChI=1S/C11H10N4O4/c12-5-6-13-10(16)7-14-11(17)8-1-3-9(4-2-8)15(18)19/h1-4H,6-7H2,(H,13,16)(H,14,17). The molecule has 8 nitrogen and oxygen atoms in total. The number of hydrogen-bond acceptors (Lipinski definition) is 5. The molecule has 0 atom stereocenters. The summed E-state index contributed by atoms with van der Waals surface area (Å²) < 4.78 is 0. The van der Waals surface area contributed by atoms with Crippen LogP contribution < -0.4 is 10.6 Å². The van der Waals surface area contributed by atoms with Crippen molar-refractivity contribution in [2.24, 2.45) is 0 Å². The van der Waals surface area contributed by atoms with Gasteiger partial charge in [0.05, 0.1) is 17.5 Å². The van der Waals surface area contributed by atoms with Crippen molar-refractivity contribution in [3.05, 3.63) is 39.9 Å². The minimum absolute atomic E-state index is 0.122. The Balaban J connectivity index is 2.52. The molecule has 0 bridgehead atoms. The van der Waals surface area contributed by atoms with Crippen LogP contribution in [0.1, 0.15) is 10.4 Å². The number of benzene rings is 1. The first-order chi connectivity index (χ1) is 9.04. The van der Waals surface area contributed by atoms with E-state index in [9.17, 15) is 19.7 Å². The fourth-order valence-corrected chi connectivity index (χ4v) is 1.20. The molecule has 2 amide bonds. The lowest BCUT2D eigenvalue weighted by Crippen LogP contribution is -2.37. The van der Waals surface area contributed by atoms with E-state index in [1.807, 2.05) is 0 Å². The summed E-state index contributed by atoms with van der Waals surface area (Å²) in [6, 6.07) is 6.71. The molecular weight excluding hydrogens is 252 g/mol. The van der Waals surface area contributed by atoms with Gasteiger partial charge in [0.25, 0.3) is 11.6 Å². The number of rotatable bonds is 5. The van der Waals surface area contributed by atoms with Gasteiger partial charge < -0.3 is 10.6 Å². The maximum absolute atomic E-state index is 11.6. The van der Waals surface area contributed by atoms with Crippen LogP contribution in [0.25, 0.3) is 0 Å². The van der Waals surface area contributed by atoms with Gasteiger partial charge in [-0.15, -0.1) is 0 Å². The number of carbonyl (C=O) groups is 2. The number of hydrogen-bond donors (Lipinski definition) is 2. The third-order valence-corrected chi connectivity index (χ3v) is 2.11. The van der Waals surface area contributed by atoms with Gasteiger partial charge in [-0.2, -0.15) is 5.26 Å². The molecule has 0 aromatic heterocycles. The Morgan fingerprint density at radius 1 is 1.26 bits per heavy atom. The number of nitrogens with one attached hydrogen (secondary N) is 2. The van der Waals surface area contributed by atoms with E-state index >= 15 is 0 Å². The third kappa shape index (κ3) is 4.43. The zero-order valence-corrected chi connectivity index (χ0v) is 9.75. The molecule has 19 heavy (non-hydrogen) atoms. The molecule has 0 heterocycles. The first-order valence-corrected chi connectivity index (χ1v) is 5.21. The molecule has 0 fully saturated rings. The molecule has 0 radical (unpaired) electrons. The summed E-state index contributed by atoms with van der Waals surface area (Å²) in [5.41, 5.74) is 0.0852. The van der Waals surface area contributed by atoms with E-state index in [0.29, 0.717) is 0 Å². The van der Waals surface area contributed by atoms with E-state index < -0.39 is 16.7 Å². The smallest absolute Gasteiger partial charge is 0.269 e. The molecule has 1 aromatic carbocycles. The highest BCUT2D eigenvalue weighted by molar-refractivity contribution is 5.96. The van der Waals surface area contributed by atoms with E-state index in [1.165, 1.54) is 24.3 Å². The second-order valence-electron chi connectivity index (χ2n) is 3.42. The molecule has 98 valence electrons. The summed E-state index contributed by atoms with van der Waals surface area (Å²) in [6.07, 6.45) is 0. The van der Waals surface area contributed by atoms with Crippen LogP contribution in [0.3, 0.4) is 0 Å². The Labute approximate surface area is 108 Å². The van der Waals surface area contributed by atoms with E-state index in [2.05, 4.69) is 10.6 Å². The lowest BCUT2D eigenvalue weighted by Gasteiger charge is -2.04. The second-order valence-corrected chi connectivity index (χ2v) is 3.42. The zero-order valence-electron chi connectivity index (χ0n) is 9.75. The Kier molecular flexibility index (Phi) is 4.98. The van der Waals surface area contributed by atoms with Gasteiger partial charge in [-0.3, -0.25) is 19.7 Å². The zero-order chi connectivity index (χ0) is 14.3. The molecule has 0 aliphatic heterocycles. The Bertz CT molecular complexity index is 533. The van der Waals surface area contributed by atoms with Crippen molar-refractivity contribution in [1.29, 1.82) is 5.26 Å². The fourth-order valence-electron chi connectivity index (χ4n) is 1.20. The number of nitriles is 1. The van der Waals surface area contributed by atoms with Gasteiger partial charge in [0.15, 0.2) is 0 Å². The summed E-state index contributed by atoms with van der Waals surface area (Å²) in [7, 11) is 0. The van der Waals surface area contributed by atoms with E-state index in [0.717, 1.165) is 0 Å². The Morgan fingerprint density at radius 3 is 2.42 bits per heavy atom. The SMILES string of the molecule is N#CCNC(=O)CNC(=O)c1ccc([N+](=O)[O-])cc1. The molecule has 0 saturated carbocycles. The summed E-state index contributed by atoms with van der Waals surface area (Å²) in [6.45, 7) is -0.399. The highest BCUT2D eigenvalue weighted by Crippen LogP contribution is 2.11. The molecule has 0 spiro atoms. The van der Waals surface area contributed by atoms with Gasteiger partial charge in [-0.05, 0) is 12.1 Å². The first-order valence-electron chi connectivity index (χ1n) is 5.21. The lowest BCUT2D eigenvalue weighted by molar-refractivity contribution is -0.384. The molecule has 0 aliphatic rings. The minimum Gasteiger partial charge on any atom is -0.343 e. The van der Waals surface area contributed by atoms with Crippen molar-refractivity contribution in [1.82, 2.24) is 10.6 Å². The third-order valence-electron chi connectivity index (χ3n) is 2.11. The monoisotopic (exact) mass is 262 g/mol. The molecular formula is C11H10N4O4. The van der Waals surface area contributed by atoms with Gasteiger partial charge in [0, 0.05) is 17.7 Å². The fraction of sp³-hybridized carbons (Fsp3) is 0.182. The minimum atomic E-state index is -0.572.